The second-order valence-electron chi connectivity index (χ2n) is 7.69. The van der Waals surface area contributed by atoms with E-state index in [1.54, 1.807) is 18.2 Å². The van der Waals surface area contributed by atoms with E-state index in [0.717, 1.165) is 5.56 Å². The smallest absolute Gasteiger partial charge is 0.325 e. The van der Waals surface area contributed by atoms with Crippen LogP contribution in [0, 0.1) is 5.82 Å². The molecule has 0 unspecified atom stereocenters. The first-order chi connectivity index (χ1) is 16.1. The number of nitrogens with one attached hydrogen (secondary N) is 1. The Labute approximate surface area is 194 Å². The zero-order chi connectivity index (χ0) is 24.9. The number of halogens is 1. The van der Waals surface area contributed by atoms with Crippen molar-refractivity contribution in [2.24, 2.45) is 0 Å². The molecule has 10 nitrogen and oxygen atoms in total. The van der Waals surface area contributed by atoms with Crippen LogP contribution in [0.5, 0.6) is 5.75 Å². The highest BCUT2D eigenvalue weighted by Gasteiger charge is 2.24. The molecule has 0 radical (unpaired) electrons. The van der Waals surface area contributed by atoms with E-state index in [2.05, 4.69) is 10.3 Å². The molecule has 34 heavy (non-hydrogen) atoms. The number of carbonyl (C=O) groups is 1. The largest absolute Gasteiger partial charge is 0.505 e. The summed E-state index contributed by atoms with van der Waals surface area (Å²) in [5.41, 5.74) is 0.317. The molecule has 0 saturated heterocycles. The Bertz CT molecular complexity index is 1290. The van der Waals surface area contributed by atoms with Gasteiger partial charge in [-0.3, -0.25) is 19.1 Å². The molecule has 182 valence electrons. The van der Waals surface area contributed by atoms with Gasteiger partial charge in [-0.15, -0.1) is 0 Å². The number of aromatic nitrogens is 2. The van der Waals surface area contributed by atoms with Crippen LogP contribution in [0.4, 0.5) is 4.39 Å². The predicted octanol–water partition coefficient (Wildman–Crippen LogP) is 1.78. The van der Waals surface area contributed by atoms with Gasteiger partial charge in [-0.1, -0.05) is 12.1 Å². The summed E-state index contributed by atoms with van der Waals surface area (Å²) in [6.07, 6.45) is 1.33. The molecular weight excluding hydrogens is 468 g/mol. The van der Waals surface area contributed by atoms with Crippen LogP contribution in [0.2, 0.25) is 0 Å². The maximum Gasteiger partial charge on any atom is 0.325 e. The highest BCUT2D eigenvalue weighted by Crippen LogP contribution is 2.35. The van der Waals surface area contributed by atoms with Gasteiger partial charge in [0.15, 0.2) is 5.75 Å². The number of methoxy groups -OCH3 is 1. The van der Waals surface area contributed by atoms with Crippen LogP contribution < -0.4 is 10.9 Å². The number of nitrogens with zero attached hydrogens (tertiary/aromatic N) is 2. The first-order valence-corrected chi connectivity index (χ1v) is 12.2. The van der Waals surface area contributed by atoms with Gasteiger partial charge in [0.2, 0.25) is 0 Å². The molecule has 0 fully saturated rings. The standard InChI is InChI=1S/C22H25FN3O7P/c1-33-9-7-24-21(28)18-20(27)19-17(26(22(18)29)8-2-10-34(30,31)32)12-15(13-25-19)11-14-3-5-16(23)6-4-14/h3-6,12-13,27H,2,7-11H2,1H3,(H,24,28)(H2,30,31,32). The Kier molecular flexibility index (Phi) is 8.16. The van der Waals surface area contributed by atoms with Crippen LogP contribution in [0.3, 0.4) is 0 Å². The summed E-state index contributed by atoms with van der Waals surface area (Å²) in [6, 6.07) is 7.47. The van der Waals surface area contributed by atoms with Gasteiger partial charge in [-0.05, 0) is 42.2 Å². The first-order valence-electron chi connectivity index (χ1n) is 10.4. The minimum Gasteiger partial charge on any atom is -0.505 e. The summed E-state index contributed by atoms with van der Waals surface area (Å²) in [5.74, 6) is -1.78. The van der Waals surface area contributed by atoms with Crippen LogP contribution in [0.25, 0.3) is 11.0 Å². The third-order valence-electron chi connectivity index (χ3n) is 5.11. The zero-order valence-electron chi connectivity index (χ0n) is 18.4. The summed E-state index contributed by atoms with van der Waals surface area (Å²) >= 11 is 0. The van der Waals surface area contributed by atoms with Crippen molar-refractivity contribution in [3.8, 4) is 5.75 Å². The minimum atomic E-state index is -4.30. The average molecular weight is 493 g/mol. The minimum absolute atomic E-state index is 0.00414. The molecule has 0 aliphatic heterocycles. The van der Waals surface area contributed by atoms with Gasteiger partial charge in [-0.25, -0.2) is 4.39 Å². The van der Waals surface area contributed by atoms with Crippen molar-refractivity contribution < 1.29 is 33.4 Å². The van der Waals surface area contributed by atoms with E-state index < -0.39 is 36.5 Å². The second kappa shape index (κ2) is 10.9. The van der Waals surface area contributed by atoms with Gasteiger partial charge in [-0.2, -0.15) is 0 Å². The van der Waals surface area contributed by atoms with Crippen LogP contribution in [-0.2, 0) is 22.3 Å². The Morgan fingerprint density at radius 1 is 1.24 bits per heavy atom. The Balaban J connectivity index is 2.07. The summed E-state index contributed by atoms with van der Waals surface area (Å²) in [4.78, 5) is 48.4. The Morgan fingerprint density at radius 2 is 1.94 bits per heavy atom. The maximum atomic E-state index is 13.2. The van der Waals surface area contributed by atoms with Crippen molar-refractivity contribution in [2.45, 2.75) is 19.4 Å². The normalized spacial score (nSPS) is 11.6. The van der Waals surface area contributed by atoms with Crippen molar-refractivity contribution in [3.05, 3.63) is 69.4 Å². The molecule has 12 heteroatoms. The maximum absolute atomic E-state index is 13.2. The molecule has 2 heterocycles. The van der Waals surface area contributed by atoms with E-state index in [-0.39, 0.29) is 43.0 Å². The van der Waals surface area contributed by atoms with Crippen molar-refractivity contribution in [1.82, 2.24) is 14.9 Å². The van der Waals surface area contributed by atoms with E-state index >= 15 is 0 Å². The van der Waals surface area contributed by atoms with Gasteiger partial charge in [0, 0.05) is 26.4 Å². The number of carbonyl (C=O) groups excluding carboxylic acids is 1. The number of benzene rings is 1. The molecule has 0 bridgehead atoms. The van der Waals surface area contributed by atoms with Gasteiger partial charge < -0.3 is 29.5 Å². The lowest BCUT2D eigenvalue weighted by atomic mass is 10.1. The predicted molar refractivity (Wildman–Crippen MR) is 123 cm³/mol. The van der Waals surface area contributed by atoms with Crippen molar-refractivity contribution in [1.29, 1.82) is 0 Å². The lowest BCUT2D eigenvalue weighted by Crippen LogP contribution is -2.35. The van der Waals surface area contributed by atoms with E-state index in [1.807, 2.05) is 0 Å². The van der Waals surface area contributed by atoms with E-state index in [1.165, 1.54) is 30.0 Å². The second-order valence-corrected chi connectivity index (χ2v) is 9.46. The van der Waals surface area contributed by atoms with E-state index in [9.17, 15) is 33.4 Å². The Morgan fingerprint density at radius 3 is 2.59 bits per heavy atom. The van der Waals surface area contributed by atoms with Crippen molar-refractivity contribution in [2.75, 3.05) is 26.4 Å². The van der Waals surface area contributed by atoms with E-state index in [4.69, 9.17) is 4.74 Å². The Hall–Kier alpha value is -3.11. The average Bonchev–Trinajstić information content (AvgIpc) is 2.77. The number of amides is 1. The quantitative estimate of drug-likeness (QED) is 0.247. The number of ether oxygens (including phenoxy) is 1. The number of aryl methyl sites for hydroxylation is 1. The highest BCUT2D eigenvalue weighted by atomic mass is 31.2. The third kappa shape index (κ3) is 6.27. The van der Waals surface area contributed by atoms with Gasteiger partial charge >= 0.3 is 7.60 Å². The lowest BCUT2D eigenvalue weighted by molar-refractivity contribution is 0.0932. The van der Waals surface area contributed by atoms with Crippen LogP contribution in [0.15, 0.2) is 41.3 Å². The first kappa shape index (κ1) is 25.5. The molecule has 0 saturated carbocycles. The van der Waals surface area contributed by atoms with Gasteiger partial charge in [0.05, 0.1) is 18.3 Å². The SMILES string of the molecule is COCCNC(=O)c1c(O)c2ncc(Cc3ccc(F)cc3)cc2n(CCCP(=O)(O)O)c1=O. The highest BCUT2D eigenvalue weighted by molar-refractivity contribution is 7.51. The number of pyridine rings is 2. The summed E-state index contributed by atoms with van der Waals surface area (Å²) in [6.45, 7) is 0.191. The number of aromatic hydroxyl groups is 1. The summed E-state index contributed by atoms with van der Waals surface area (Å²) < 4.78 is 30.5. The molecule has 0 atom stereocenters. The molecular formula is C22H25FN3O7P. The lowest BCUT2D eigenvalue weighted by Gasteiger charge is -2.16. The van der Waals surface area contributed by atoms with E-state index in [0.29, 0.717) is 12.0 Å². The monoisotopic (exact) mass is 493 g/mol. The fourth-order valence-electron chi connectivity index (χ4n) is 3.50. The molecule has 3 aromatic rings. The number of hydrogen-bond donors (Lipinski definition) is 4. The van der Waals surface area contributed by atoms with Crippen molar-refractivity contribution in [3.63, 3.8) is 0 Å². The van der Waals surface area contributed by atoms with Crippen LogP contribution >= 0.6 is 7.60 Å². The zero-order valence-corrected chi connectivity index (χ0v) is 19.3. The summed E-state index contributed by atoms with van der Waals surface area (Å²) in [7, 11) is -2.86. The third-order valence-corrected chi connectivity index (χ3v) is 6.01. The van der Waals surface area contributed by atoms with Gasteiger partial charge in [0.1, 0.15) is 16.9 Å². The van der Waals surface area contributed by atoms with Crippen molar-refractivity contribution >= 4 is 24.5 Å². The van der Waals surface area contributed by atoms with Gasteiger partial charge in [0.25, 0.3) is 11.5 Å². The molecule has 3 rings (SSSR count). The molecule has 4 N–H and O–H groups in total. The molecule has 1 aromatic carbocycles. The topological polar surface area (TPSA) is 151 Å². The number of fused-ring (bicyclic) bond motifs is 1. The van der Waals surface area contributed by atoms with Crippen LogP contribution in [0.1, 0.15) is 27.9 Å². The fraction of sp³-hybridized carbons (Fsp3) is 0.318. The molecule has 2 aromatic heterocycles. The number of hydrogen-bond acceptors (Lipinski definition) is 6. The molecule has 0 aliphatic rings. The summed E-state index contributed by atoms with van der Waals surface area (Å²) in [5, 5.41) is 13.2. The molecule has 0 aliphatic carbocycles. The van der Waals surface area contributed by atoms with Crippen LogP contribution in [-0.4, -0.2) is 56.8 Å². The molecule has 0 spiro atoms. The fourth-order valence-corrected chi connectivity index (χ4v) is 4.05. The number of rotatable bonds is 10. The molecule has 1 amide bonds.